The van der Waals surface area contributed by atoms with E-state index in [1.807, 2.05) is 0 Å². The van der Waals surface area contributed by atoms with Gasteiger partial charge in [0.1, 0.15) is 0 Å². The van der Waals surface area contributed by atoms with Gasteiger partial charge in [0, 0.05) is 0 Å². The number of carboxylic acid groups (broad SMARTS) is 1. The summed E-state index contributed by atoms with van der Waals surface area (Å²) in [5.41, 5.74) is 0. The molecular formula is C7H10O4. The van der Waals surface area contributed by atoms with Crippen molar-refractivity contribution in [2.75, 3.05) is 0 Å². The Morgan fingerprint density at radius 2 is 2.27 bits per heavy atom. The van der Waals surface area contributed by atoms with E-state index in [4.69, 9.17) is 5.11 Å². The normalized spacial score (nSPS) is 11.7. The molecule has 0 amide bonds. The first-order valence-electron chi connectivity index (χ1n) is 3.17. The second kappa shape index (κ2) is 4.49. The molecule has 1 N–H and O–H groups in total. The first-order valence-corrected chi connectivity index (χ1v) is 3.17. The van der Waals surface area contributed by atoms with Crippen molar-refractivity contribution in [1.82, 2.24) is 0 Å². The highest BCUT2D eigenvalue weighted by Crippen LogP contribution is 2.04. The molecular weight excluding hydrogens is 148 g/mol. The van der Waals surface area contributed by atoms with Crippen molar-refractivity contribution in [2.45, 2.75) is 13.3 Å². The van der Waals surface area contributed by atoms with E-state index in [2.05, 4.69) is 11.3 Å². The summed E-state index contributed by atoms with van der Waals surface area (Å²) in [5.74, 6) is -3.01. The average Bonchev–Trinajstić information content (AvgIpc) is 1.88. The van der Waals surface area contributed by atoms with Gasteiger partial charge in [-0.2, -0.15) is 0 Å². The lowest BCUT2D eigenvalue weighted by atomic mass is 10.1. The molecule has 1 unspecified atom stereocenters. The number of aliphatic carboxylic acids is 1. The van der Waals surface area contributed by atoms with E-state index in [1.165, 1.54) is 0 Å². The fraction of sp³-hybridized carbons (Fsp3) is 0.429. The van der Waals surface area contributed by atoms with Crippen molar-refractivity contribution in [2.24, 2.45) is 5.92 Å². The van der Waals surface area contributed by atoms with Gasteiger partial charge in [0.2, 0.25) is 0 Å². The monoisotopic (exact) mass is 158 g/mol. The fourth-order valence-electron chi connectivity index (χ4n) is 0.606. The van der Waals surface area contributed by atoms with E-state index >= 15 is 0 Å². The van der Waals surface area contributed by atoms with Crippen LogP contribution in [0.15, 0.2) is 12.8 Å². The summed E-state index contributed by atoms with van der Waals surface area (Å²) in [5, 5.41) is 8.44. The molecule has 0 saturated heterocycles. The third-order valence-corrected chi connectivity index (χ3v) is 1.19. The minimum absolute atomic E-state index is 0.224. The van der Waals surface area contributed by atoms with Crippen LogP contribution in [-0.2, 0) is 14.3 Å². The Bertz CT molecular complexity index is 173. The van der Waals surface area contributed by atoms with Crippen LogP contribution in [0, 0.1) is 5.92 Å². The van der Waals surface area contributed by atoms with Crippen LogP contribution >= 0.6 is 0 Å². The number of ether oxygens (including phenoxy) is 1. The minimum Gasteiger partial charge on any atom is -0.481 e. The molecule has 0 aliphatic rings. The summed E-state index contributed by atoms with van der Waals surface area (Å²) < 4.78 is 4.30. The molecule has 0 saturated carbocycles. The van der Waals surface area contributed by atoms with Gasteiger partial charge in [0.05, 0.1) is 6.26 Å². The number of carboxylic acids is 1. The maximum atomic E-state index is 10.7. The molecule has 11 heavy (non-hydrogen) atoms. The van der Waals surface area contributed by atoms with Crippen LogP contribution in [0.5, 0.6) is 0 Å². The summed E-state index contributed by atoms with van der Waals surface area (Å²) >= 11 is 0. The minimum atomic E-state index is -1.17. The van der Waals surface area contributed by atoms with E-state index in [-0.39, 0.29) is 6.42 Å². The fourth-order valence-corrected chi connectivity index (χ4v) is 0.606. The second-order valence-corrected chi connectivity index (χ2v) is 1.90. The van der Waals surface area contributed by atoms with Gasteiger partial charge in [0.25, 0.3) is 0 Å². The topological polar surface area (TPSA) is 63.6 Å². The zero-order valence-electron chi connectivity index (χ0n) is 6.24. The standard InChI is InChI=1S/C7H10O4/c1-3-5(6(8)9)7(10)11-4-2/h4-5H,2-3H2,1H3,(H,8,9). The maximum absolute atomic E-state index is 10.7. The molecule has 0 aromatic heterocycles. The van der Waals surface area contributed by atoms with Crippen LogP contribution in [-0.4, -0.2) is 17.0 Å². The molecule has 4 heteroatoms. The third-order valence-electron chi connectivity index (χ3n) is 1.19. The summed E-state index contributed by atoms with van der Waals surface area (Å²) in [6, 6.07) is 0. The first-order chi connectivity index (χ1) is 5.13. The van der Waals surface area contributed by atoms with E-state index in [9.17, 15) is 9.59 Å². The molecule has 0 aromatic carbocycles. The smallest absolute Gasteiger partial charge is 0.325 e. The Morgan fingerprint density at radius 3 is 2.55 bits per heavy atom. The summed E-state index contributed by atoms with van der Waals surface area (Å²) in [6.07, 6.45) is 1.15. The highest BCUT2D eigenvalue weighted by atomic mass is 16.5. The van der Waals surface area contributed by atoms with E-state index < -0.39 is 17.9 Å². The van der Waals surface area contributed by atoms with Crippen LogP contribution in [0.25, 0.3) is 0 Å². The summed E-state index contributed by atoms with van der Waals surface area (Å²) in [7, 11) is 0. The lowest BCUT2D eigenvalue weighted by molar-refractivity contribution is -0.155. The molecule has 4 nitrogen and oxygen atoms in total. The summed E-state index contributed by atoms with van der Waals surface area (Å²) in [4.78, 5) is 21.1. The quantitative estimate of drug-likeness (QED) is 0.373. The molecule has 0 bridgehead atoms. The van der Waals surface area contributed by atoms with Gasteiger partial charge < -0.3 is 9.84 Å². The van der Waals surface area contributed by atoms with Crippen molar-refractivity contribution in [3.8, 4) is 0 Å². The van der Waals surface area contributed by atoms with Gasteiger partial charge in [-0.15, -0.1) is 0 Å². The van der Waals surface area contributed by atoms with Crippen molar-refractivity contribution in [1.29, 1.82) is 0 Å². The van der Waals surface area contributed by atoms with Gasteiger partial charge in [-0.3, -0.25) is 9.59 Å². The number of hydrogen-bond acceptors (Lipinski definition) is 3. The van der Waals surface area contributed by atoms with Crippen molar-refractivity contribution >= 4 is 11.9 Å². The molecule has 0 heterocycles. The molecule has 0 spiro atoms. The van der Waals surface area contributed by atoms with Crippen molar-refractivity contribution < 1.29 is 19.4 Å². The van der Waals surface area contributed by atoms with E-state index in [0.29, 0.717) is 0 Å². The molecule has 62 valence electrons. The highest BCUT2D eigenvalue weighted by Gasteiger charge is 2.24. The second-order valence-electron chi connectivity index (χ2n) is 1.90. The third kappa shape index (κ3) is 2.84. The first kappa shape index (κ1) is 9.68. The zero-order valence-corrected chi connectivity index (χ0v) is 6.24. The Labute approximate surface area is 64.5 Å². The zero-order chi connectivity index (χ0) is 8.85. The Morgan fingerprint density at radius 1 is 1.73 bits per heavy atom. The Hall–Kier alpha value is -1.32. The SMILES string of the molecule is C=COC(=O)C(CC)C(=O)O. The van der Waals surface area contributed by atoms with Gasteiger partial charge in [0.15, 0.2) is 5.92 Å². The molecule has 0 aromatic rings. The Kier molecular flexibility index (Phi) is 3.95. The van der Waals surface area contributed by atoms with E-state index in [1.54, 1.807) is 6.92 Å². The van der Waals surface area contributed by atoms with Gasteiger partial charge in [-0.05, 0) is 6.42 Å². The summed E-state index contributed by atoms with van der Waals surface area (Å²) in [6.45, 7) is 4.74. The molecule has 0 rings (SSSR count). The van der Waals surface area contributed by atoms with Gasteiger partial charge in [-0.25, -0.2) is 0 Å². The molecule has 1 atom stereocenters. The largest absolute Gasteiger partial charge is 0.481 e. The van der Waals surface area contributed by atoms with Crippen LogP contribution in [0.2, 0.25) is 0 Å². The van der Waals surface area contributed by atoms with Gasteiger partial charge in [-0.1, -0.05) is 13.5 Å². The van der Waals surface area contributed by atoms with Crippen molar-refractivity contribution in [3.05, 3.63) is 12.8 Å². The number of carbonyl (C=O) groups excluding carboxylic acids is 1. The van der Waals surface area contributed by atoms with Crippen molar-refractivity contribution in [3.63, 3.8) is 0 Å². The maximum Gasteiger partial charge on any atom is 0.325 e. The number of carbonyl (C=O) groups is 2. The lowest BCUT2D eigenvalue weighted by Crippen LogP contribution is -2.23. The average molecular weight is 158 g/mol. The lowest BCUT2D eigenvalue weighted by Gasteiger charge is -2.05. The predicted octanol–water partition coefficient (Wildman–Crippen LogP) is 0.784. The number of esters is 1. The van der Waals surface area contributed by atoms with E-state index in [0.717, 1.165) is 6.26 Å². The number of rotatable bonds is 4. The number of hydrogen-bond donors (Lipinski definition) is 1. The van der Waals surface area contributed by atoms with Crippen LogP contribution in [0.4, 0.5) is 0 Å². The molecule has 0 aliphatic heterocycles. The highest BCUT2D eigenvalue weighted by molar-refractivity contribution is 5.93. The molecule has 0 fully saturated rings. The van der Waals surface area contributed by atoms with Crippen LogP contribution in [0.3, 0.4) is 0 Å². The van der Waals surface area contributed by atoms with Crippen LogP contribution < -0.4 is 0 Å². The molecule has 0 radical (unpaired) electrons. The Balaban J connectivity index is 4.13. The van der Waals surface area contributed by atoms with Gasteiger partial charge >= 0.3 is 11.9 Å². The predicted molar refractivity (Wildman–Crippen MR) is 37.7 cm³/mol. The molecule has 0 aliphatic carbocycles. The van der Waals surface area contributed by atoms with Crippen LogP contribution in [0.1, 0.15) is 13.3 Å².